The number of hydrogen-bond acceptors (Lipinski definition) is 4. The number of amides is 1. The lowest BCUT2D eigenvalue weighted by atomic mass is 10.1. The van der Waals surface area contributed by atoms with E-state index in [1.807, 2.05) is 0 Å². The Morgan fingerprint density at radius 2 is 1.54 bits per heavy atom. The van der Waals surface area contributed by atoms with E-state index in [-0.39, 0.29) is 18.6 Å². The van der Waals surface area contributed by atoms with Crippen molar-refractivity contribution in [3.8, 4) is 0 Å². The quantitative estimate of drug-likeness (QED) is 0.522. The Bertz CT molecular complexity index is 822. The minimum atomic E-state index is -0.653. The predicted octanol–water partition coefficient (Wildman–Crippen LogP) is 4.79. The molecule has 0 fully saturated rings. The van der Waals surface area contributed by atoms with Gasteiger partial charge in [-0.3, -0.25) is 14.4 Å². The Balaban J connectivity index is 1.75. The minimum absolute atomic E-state index is 0.0256. The van der Waals surface area contributed by atoms with Gasteiger partial charge in [0.1, 0.15) is 0 Å². The third-order valence-corrected chi connectivity index (χ3v) is 4.11. The van der Waals surface area contributed by atoms with Crippen LogP contribution in [0.3, 0.4) is 0 Å². The van der Waals surface area contributed by atoms with Gasteiger partial charge in [-0.2, -0.15) is 0 Å². The largest absolute Gasteiger partial charge is 0.456 e. The molecule has 0 aliphatic carbocycles. The maximum atomic E-state index is 12.0. The van der Waals surface area contributed by atoms with Gasteiger partial charge >= 0.3 is 5.97 Å². The van der Waals surface area contributed by atoms with E-state index in [9.17, 15) is 14.4 Å². The number of ether oxygens (including phenoxy) is 1. The fourth-order valence-corrected chi connectivity index (χ4v) is 2.46. The molecule has 2 rings (SSSR count). The van der Waals surface area contributed by atoms with Gasteiger partial charge in [-0.05, 0) is 42.5 Å². The summed E-state index contributed by atoms with van der Waals surface area (Å²) in [5, 5.41) is 3.72. The molecule has 1 amide bonds. The fourth-order valence-electron chi connectivity index (χ4n) is 1.99. The first-order valence-electron chi connectivity index (χ1n) is 7.54. The highest BCUT2D eigenvalue weighted by molar-refractivity contribution is 6.35. The SMILES string of the molecule is O=C(COC(=O)CCC(=O)c1ccc(Cl)cc1)Nc1cc(Cl)ccc1Cl. The molecule has 2 aromatic carbocycles. The lowest BCUT2D eigenvalue weighted by molar-refractivity contribution is -0.147. The maximum absolute atomic E-state index is 12.0. The highest BCUT2D eigenvalue weighted by Crippen LogP contribution is 2.25. The monoisotopic (exact) mass is 413 g/mol. The fraction of sp³-hybridized carbons (Fsp3) is 0.167. The van der Waals surface area contributed by atoms with E-state index in [1.54, 1.807) is 30.3 Å². The second kappa shape index (κ2) is 9.57. The van der Waals surface area contributed by atoms with Crippen LogP contribution >= 0.6 is 34.8 Å². The molecular weight excluding hydrogens is 401 g/mol. The van der Waals surface area contributed by atoms with Crippen LogP contribution in [-0.4, -0.2) is 24.3 Å². The molecule has 26 heavy (non-hydrogen) atoms. The Hall–Kier alpha value is -2.08. The molecule has 0 aliphatic rings. The summed E-state index contributed by atoms with van der Waals surface area (Å²) in [7, 11) is 0. The summed E-state index contributed by atoms with van der Waals surface area (Å²) in [4.78, 5) is 35.4. The third-order valence-electron chi connectivity index (χ3n) is 3.29. The van der Waals surface area contributed by atoms with Gasteiger partial charge in [-0.1, -0.05) is 34.8 Å². The molecule has 0 aliphatic heterocycles. The van der Waals surface area contributed by atoms with Gasteiger partial charge in [-0.15, -0.1) is 0 Å². The van der Waals surface area contributed by atoms with Gasteiger partial charge in [0.15, 0.2) is 12.4 Å². The van der Waals surface area contributed by atoms with E-state index in [0.717, 1.165) is 0 Å². The first-order valence-corrected chi connectivity index (χ1v) is 8.68. The Labute approximate surface area is 165 Å². The number of carbonyl (C=O) groups is 3. The van der Waals surface area contributed by atoms with Crippen molar-refractivity contribution in [2.45, 2.75) is 12.8 Å². The van der Waals surface area contributed by atoms with E-state index >= 15 is 0 Å². The van der Waals surface area contributed by atoms with Crippen LogP contribution in [0.1, 0.15) is 23.2 Å². The number of carbonyl (C=O) groups excluding carboxylic acids is 3. The molecule has 0 saturated heterocycles. The Morgan fingerprint density at radius 1 is 0.885 bits per heavy atom. The standard InChI is InChI=1S/C18H14Cl3NO4/c19-12-3-1-11(2-4-12)16(23)7-8-18(25)26-10-17(24)22-15-9-13(20)5-6-14(15)21/h1-6,9H,7-8,10H2,(H,22,24). The van der Waals surface area contributed by atoms with Crippen LogP contribution in [0.25, 0.3) is 0 Å². The second-order valence-electron chi connectivity index (χ2n) is 5.26. The first-order chi connectivity index (χ1) is 12.3. The van der Waals surface area contributed by atoms with Crippen LogP contribution in [-0.2, 0) is 14.3 Å². The average molecular weight is 415 g/mol. The normalized spacial score (nSPS) is 10.3. The van der Waals surface area contributed by atoms with Crippen molar-refractivity contribution in [2.24, 2.45) is 0 Å². The topological polar surface area (TPSA) is 72.5 Å². The van der Waals surface area contributed by atoms with Crippen LogP contribution in [0.5, 0.6) is 0 Å². The molecule has 1 N–H and O–H groups in total. The van der Waals surface area contributed by atoms with E-state index in [1.165, 1.54) is 12.1 Å². The summed E-state index contributed by atoms with van der Waals surface area (Å²) >= 11 is 17.5. The number of rotatable bonds is 7. The number of esters is 1. The number of Topliss-reactive ketones (excluding diaryl/α,β-unsaturated/α-hetero) is 1. The first kappa shape index (κ1) is 20.2. The molecule has 0 atom stereocenters. The summed E-state index contributed by atoms with van der Waals surface area (Å²) in [5.41, 5.74) is 0.772. The van der Waals surface area contributed by atoms with Crippen molar-refractivity contribution < 1.29 is 19.1 Å². The van der Waals surface area contributed by atoms with Gasteiger partial charge in [-0.25, -0.2) is 0 Å². The van der Waals surface area contributed by atoms with Gasteiger partial charge in [0, 0.05) is 22.0 Å². The summed E-state index contributed by atoms with van der Waals surface area (Å²) in [6.45, 7) is -0.489. The average Bonchev–Trinajstić information content (AvgIpc) is 2.61. The van der Waals surface area contributed by atoms with Crippen LogP contribution in [0.15, 0.2) is 42.5 Å². The summed E-state index contributed by atoms with van der Waals surface area (Å²) in [6, 6.07) is 11.0. The lowest BCUT2D eigenvalue weighted by Gasteiger charge is -2.08. The van der Waals surface area contributed by atoms with Gasteiger partial charge in [0.2, 0.25) is 0 Å². The van der Waals surface area contributed by atoms with E-state index in [4.69, 9.17) is 39.5 Å². The number of nitrogens with one attached hydrogen (secondary N) is 1. The van der Waals surface area contributed by atoms with Crippen molar-refractivity contribution in [3.05, 3.63) is 63.1 Å². The van der Waals surface area contributed by atoms with Crippen LogP contribution in [0, 0.1) is 0 Å². The summed E-state index contributed by atoms with van der Waals surface area (Å²) in [6.07, 6.45) is -0.158. The van der Waals surface area contributed by atoms with Crippen LogP contribution < -0.4 is 5.32 Å². The number of ketones is 1. The smallest absolute Gasteiger partial charge is 0.306 e. The molecule has 2 aromatic rings. The van der Waals surface area contributed by atoms with Crippen molar-refractivity contribution >= 4 is 58.1 Å². The third kappa shape index (κ3) is 6.33. The molecule has 0 spiro atoms. The molecule has 0 unspecified atom stereocenters. The Kier molecular flexibility index (Phi) is 7.45. The molecule has 5 nitrogen and oxygen atoms in total. The molecular formula is C18H14Cl3NO4. The molecule has 0 bridgehead atoms. The van der Waals surface area contributed by atoms with Crippen molar-refractivity contribution in [3.63, 3.8) is 0 Å². The van der Waals surface area contributed by atoms with Crippen molar-refractivity contribution in [1.29, 1.82) is 0 Å². The molecule has 0 heterocycles. The zero-order chi connectivity index (χ0) is 19.1. The van der Waals surface area contributed by atoms with Crippen LogP contribution in [0.4, 0.5) is 5.69 Å². The van der Waals surface area contributed by atoms with Gasteiger partial charge in [0.05, 0.1) is 17.1 Å². The number of anilines is 1. The molecule has 136 valence electrons. The lowest BCUT2D eigenvalue weighted by Crippen LogP contribution is -2.21. The number of hydrogen-bond donors (Lipinski definition) is 1. The zero-order valence-electron chi connectivity index (χ0n) is 13.4. The van der Waals surface area contributed by atoms with E-state index < -0.39 is 18.5 Å². The van der Waals surface area contributed by atoms with Gasteiger partial charge in [0.25, 0.3) is 5.91 Å². The highest BCUT2D eigenvalue weighted by atomic mass is 35.5. The van der Waals surface area contributed by atoms with Gasteiger partial charge < -0.3 is 10.1 Å². The summed E-state index contributed by atoms with van der Waals surface area (Å²) < 4.78 is 4.85. The number of benzene rings is 2. The Morgan fingerprint density at radius 3 is 2.23 bits per heavy atom. The molecule has 0 aromatic heterocycles. The predicted molar refractivity (Wildman–Crippen MR) is 101 cm³/mol. The van der Waals surface area contributed by atoms with E-state index in [0.29, 0.717) is 26.3 Å². The highest BCUT2D eigenvalue weighted by Gasteiger charge is 2.13. The minimum Gasteiger partial charge on any atom is -0.456 e. The molecule has 8 heteroatoms. The zero-order valence-corrected chi connectivity index (χ0v) is 15.7. The van der Waals surface area contributed by atoms with E-state index in [2.05, 4.69) is 5.32 Å². The molecule has 0 radical (unpaired) electrons. The van der Waals surface area contributed by atoms with Crippen molar-refractivity contribution in [1.82, 2.24) is 0 Å². The number of halogens is 3. The van der Waals surface area contributed by atoms with Crippen LogP contribution in [0.2, 0.25) is 15.1 Å². The summed E-state index contributed by atoms with van der Waals surface area (Å²) in [5.74, 6) is -1.43. The maximum Gasteiger partial charge on any atom is 0.306 e. The molecule has 0 saturated carbocycles. The second-order valence-corrected chi connectivity index (χ2v) is 6.54. The van der Waals surface area contributed by atoms with Crippen molar-refractivity contribution in [2.75, 3.05) is 11.9 Å².